The molecule has 3 aliphatic heterocycles. The minimum atomic E-state index is -3.52. The fourth-order valence-electron chi connectivity index (χ4n) is 6.13. The number of benzene rings is 1. The number of nitrogens with one attached hydrogen (secondary N) is 2. The van der Waals surface area contributed by atoms with Crippen LogP contribution < -0.4 is 10.6 Å². The Kier molecular flexibility index (Phi) is 6.62. The average molecular weight is 514 g/mol. The van der Waals surface area contributed by atoms with Crippen molar-refractivity contribution in [3.63, 3.8) is 0 Å². The summed E-state index contributed by atoms with van der Waals surface area (Å²) in [5.41, 5.74) is 1.56. The number of fused-ring (bicyclic) bond motifs is 2. The van der Waals surface area contributed by atoms with Crippen LogP contribution in [0.5, 0.6) is 0 Å². The van der Waals surface area contributed by atoms with Gasteiger partial charge in [0.05, 0.1) is 0 Å². The molecule has 0 radical (unpaired) electrons. The highest BCUT2D eigenvalue weighted by molar-refractivity contribution is 7.86. The summed E-state index contributed by atoms with van der Waals surface area (Å²) in [4.78, 5) is 12.7. The van der Waals surface area contributed by atoms with Gasteiger partial charge in [-0.3, -0.25) is 4.79 Å². The van der Waals surface area contributed by atoms with E-state index in [4.69, 9.17) is 4.52 Å². The number of rotatable bonds is 8. The zero-order valence-corrected chi connectivity index (χ0v) is 21.3. The van der Waals surface area contributed by atoms with Crippen LogP contribution in [0.2, 0.25) is 0 Å². The van der Waals surface area contributed by atoms with Crippen molar-refractivity contribution in [1.29, 1.82) is 0 Å². The molecule has 36 heavy (non-hydrogen) atoms. The molecule has 3 saturated heterocycles. The second-order valence-corrected chi connectivity index (χ2v) is 12.6. The van der Waals surface area contributed by atoms with Gasteiger partial charge in [0.1, 0.15) is 5.76 Å². The fraction of sp³-hybridized carbons (Fsp3) is 0.615. The monoisotopic (exact) mass is 513 g/mol. The highest BCUT2D eigenvalue weighted by Gasteiger charge is 2.49. The van der Waals surface area contributed by atoms with Crippen LogP contribution in [-0.4, -0.2) is 65.3 Å². The molecule has 4 fully saturated rings. The molecular weight excluding hydrogens is 478 g/mol. The SMILES string of the molecule is O=C(N[C@H]1C[C@H]2CC[C@@H](C1)N2S(=O)(=O)N1CCC(NCc2ccccc2)CC1)c1cc(C2CC2)on1. The highest BCUT2D eigenvalue weighted by Crippen LogP contribution is 2.41. The van der Waals surface area contributed by atoms with Gasteiger partial charge in [-0.05, 0) is 56.9 Å². The fourth-order valence-corrected chi connectivity index (χ4v) is 8.20. The smallest absolute Gasteiger partial charge is 0.282 e. The molecule has 3 atom stereocenters. The molecule has 2 N–H and O–H groups in total. The lowest BCUT2D eigenvalue weighted by molar-refractivity contribution is 0.0897. The van der Waals surface area contributed by atoms with Crippen molar-refractivity contribution in [1.82, 2.24) is 24.4 Å². The molecule has 6 rings (SSSR count). The van der Waals surface area contributed by atoms with Gasteiger partial charge < -0.3 is 15.2 Å². The molecular formula is C26H35N5O4S. The predicted molar refractivity (Wildman–Crippen MR) is 134 cm³/mol. The van der Waals surface area contributed by atoms with Crippen molar-refractivity contribution in [3.05, 3.63) is 53.4 Å². The van der Waals surface area contributed by atoms with E-state index in [1.165, 1.54) is 5.56 Å². The second-order valence-electron chi connectivity index (χ2n) is 10.8. The third kappa shape index (κ3) is 4.96. The minimum absolute atomic E-state index is 0.0459. The molecule has 4 aliphatic rings. The quantitative estimate of drug-likeness (QED) is 0.562. The molecule has 0 spiro atoms. The Balaban J connectivity index is 1.02. The molecule has 1 aliphatic carbocycles. The number of hydrogen-bond acceptors (Lipinski definition) is 6. The van der Waals surface area contributed by atoms with Crippen LogP contribution in [-0.2, 0) is 16.8 Å². The van der Waals surface area contributed by atoms with Gasteiger partial charge in [0.25, 0.3) is 16.1 Å². The zero-order valence-electron chi connectivity index (χ0n) is 20.5. The largest absolute Gasteiger partial charge is 0.360 e. The standard InChI is InChI=1S/C26H35N5O4S/c32-26(24-16-25(35-29-24)19-6-7-19)28-21-14-22-8-9-23(15-21)31(22)36(33,34)30-12-10-20(11-13-30)27-17-18-4-2-1-3-5-18/h1-5,16,19-23,27H,6-15,17H2,(H,28,32)/t21-,22+,23-. The predicted octanol–water partition coefficient (Wildman–Crippen LogP) is 2.78. The Morgan fingerprint density at radius 2 is 1.67 bits per heavy atom. The van der Waals surface area contributed by atoms with E-state index in [2.05, 4.69) is 27.9 Å². The van der Waals surface area contributed by atoms with E-state index in [1.54, 1.807) is 14.7 Å². The molecule has 4 heterocycles. The molecule has 1 amide bonds. The van der Waals surface area contributed by atoms with Crippen LogP contribution in [0.15, 0.2) is 40.9 Å². The minimum Gasteiger partial charge on any atom is -0.360 e. The number of hydrogen-bond donors (Lipinski definition) is 2. The van der Waals surface area contributed by atoms with Gasteiger partial charge in [0.15, 0.2) is 5.69 Å². The normalized spacial score (nSPS) is 27.8. The lowest BCUT2D eigenvalue weighted by atomic mass is 9.99. The first-order valence-corrected chi connectivity index (χ1v) is 14.7. The van der Waals surface area contributed by atoms with E-state index >= 15 is 0 Å². The molecule has 194 valence electrons. The highest BCUT2D eigenvalue weighted by atomic mass is 32.2. The molecule has 0 unspecified atom stereocenters. The summed E-state index contributed by atoms with van der Waals surface area (Å²) in [6, 6.07) is 12.2. The number of carbonyl (C=O) groups excluding carboxylic acids is 1. The van der Waals surface area contributed by atoms with E-state index in [-0.39, 0.29) is 24.0 Å². The van der Waals surface area contributed by atoms with Crippen molar-refractivity contribution in [2.75, 3.05) is 13.1 Å². The Morgan fingerprint density at radius 3 is 2.33 bits per heavy atom. The molecule has 2 aromatic rings. The summed E-state index contributed by atoms with van der Waals surface area (Å²) in [5.74, 6) is 0.977. The van der Waals surface area contributed by atoms with Gasteiger partial charge >= 0.3 is 0 Å². The number of amides is 1. The van der Waals surface area contributed by atoms with Gasteiger partial charge in [0.2, 0.25) is 0 Å². The van der Waals surface area contributed by atoms with E-state index in [1.807, 2.05) is 18.2 Å². The molecule has 10 heteroatoms. The van der Waals surface area contributed by atoms with Crippen LogP contribution in [0.25, 0.3) is 0 Å². The summed E-state index contributed by atoms with van der Waals surface area (Å²) < 4.78 is 36.0. The Hall–Kier alpha value is -2.27. The maximum Gasteiger partial charge on any atom is 0.282 e. The first-order chi connectivity index (χ1) is 17.5. The topological polar surface area (TPSA) is 108 Å². The Morgan fingerprint density at radius 1 is 0.972 bits per heavy atom. The van der Waals surface area contributed by atoms with Gasteiger partial charge in [-0.15, -0.1) is 0 Å². The Bertz CT molecular complexity index is 1160. The zero-order chi connectivity index (χ0) is 24.7. The van der Waals surface area contributed by atoms with Crippen molar-refractivity contribution in [2.45, 2.75) is 88.0 Å². The van der Waals surface area contributed by atoms with Crippen LogP contribution in [0.3, 0.4) is 0 Å². The van der Waals surface area contributed by atoms with Crippen molar-refractivity contribution in [2.24, 2.45) is 0 Å². The summed E-state index contributed by atoms with van der Waals surface area (Å²) in [6.45, 7) is 1.89. The summed E-state index contributed by atoms with van der Waals surface area (Å²) in [6.07, 6.45) is 6.79. The third-order valence-electron chi connectivity index (χ3n) is 8.23. The third-order valence-corrected chi connectivity index (χ3v) is 10.4. The molecule has 1 aromatic heterocycles. The van der Waals surface area contributed by atoms with E-state index in [0.717, 1.165) is 50.8 Å². The lowest BCUT2D eigenvalue weighted by Crippen LogP contribution is -2.57. The van der Waals surface area contributed by atoms with Crippen LogP contribution in [0.4, 0.5) is 0 Å². The number of nitrogens with zero attached hydrogens (tertiary/aromatic N) is 3. The van der Waals surface area contributed by atoms with Crippen molar-refractivity contribution in [3.8, 4) is 0 Å². The molecule has 9 nitrogen and oxygen atoms in total. The van der Waals surface area contributed by atoms with Crippen molar-refractivity contribution >= 4 is 16.1 Å². The van der Waals surface area contributed by atoms with E-state index < -0.39 is 10.2 Å². The Labute approximate surface area is 212 Å². The van der Waals surface area contributed by atoms with Crippen LogP contribution >= 0.6 is 0 Å². The van der Waals surface area contributed by atoms with Crippen LogP contribution in [0.1, 0.15) is 79.1 Å². The average Bonchev–Trinajstić information content (AvgIpc) is 3.54. The number of piperidine rings is 2. The van der Waals surface area contributed by atoms with Gasteiger partial charge in [0, 0.05) is 55.8 Å². The van der Waals surface area contributed by atoms with E-state index in [0.29, 0.717) is 43.6 Å². The van der Waals surface area contributed by atoms with Crippen molar-refractivity contribution < 1.29 is 17.7 Å². The summed E-state index contributed by atoms with van der Waals surface area (Å²) >= 11 is 0. The van der Waals surface area contributed by atoms with Gasteiger partial charge in [-0.2, -0.15) is 17.0 Å². The second kappa shape index (κ2) is 9.89. The summed E-state index contributed by atoms with van der Waals surface area (Å²) in [7, 11) is -3.52. The maximum absolute atomic E-state index is 13.6. The first kappa shape index (κ1) is 24.1. The van der Waals surface area contributed by atoms with Gasteiger partial charge in [-0.25, -0.2) is 0 Å². The molecule has 1 saturated carbocycles. The van der Waals surface area contributed by atoms with E-state index in [9.17, 15) is 13.2 Å². The lowest BCUT2D eigenvalue weighted by Gasteiger charge is -2.42. The molecule has 1 aromatic carbocycles. The first-order valence-electron chi connectivity index (χ1n) is 13.3. The number of aromatic nitrogens is 1. The number of carbonyl (C=O) groups is 1. The molecule has 2 bridgehead atoms. The maximum atomic E-state index is 13.6. The summed E-state index contributed by atoms with van der Waals surface area (Å²) in [5, 5.41) is 10.6. The van der Waals surface area contributed by atoms with Gasteiger partial charge in [-0.1, -0.05) is 35.5 Å². The van der Waals surface area contributed by atoms with Crippen LogP contribution in [0, 0.1) is 0 Å².